The molecule has 0 aliphatic heterocycles. The summed E-state index contributed by atoms with van der Waals surface area (Å²) in [6.45, 7) is 0. The van der Waals surface area contributed by atoms with Crippen molar-refractivity contribution in [1.82, 2.24) is 9.78 Å². The van der Waals surface area contributed by atoms with E-state index in [1.165, 1.54) is 25.7 Å². The van der Waals surface area contributed by atoms with Gasteiger partial charge in [-0.05, 0) is 34.7 Å². The summed E-state index contributed by atoms with van der Waals surface area (Å²) in [5.41, 5.74) is 0. The maximum absolute atomic E-state index is 10.7. The van der Waals surface area contributed by atoms with Gasteiger partial charge in [-0.15, -0.1) is 0 Å². The Morgan fingerprint density at radius 2 is 2.33 bits per heavy atom. The van der Waals surface area contributed by atoms with Crippen molar-refractivity contribution in [1.29, 1.82) is 0 Å². The van der Waals surface area contributed by atoms with Crippen LogP contribution in [0.4, 0.5) is 0 Å². The summed E-state index contributed by atoms with van der Waals surface area (Å²) in [7, 11) is 0. The Morgan fingerprint density at radius 1 is 1.60 bits per heavy atom. The zero-order valence-corrected chi connectivity index (χ0v) is 10.2. The van der Waals surface area contributed by atoms with Crippen LogP contribution in [0.2, 0.25) is 0 Å². The molecule has 0 saturated heterocycles. The Kier molecular flexibility index (Phi) is 3.57. The van der Waals surface area contributed by atoms with Crippen LogP contribution in [0, 0.1) is 5.92 Å². The van der Waals surface area contributed by atoms with E-state index in [1.807, 2.05) is 10.9 Å². The van der Waals surface area contributed by atoms with Gasteiger partial charge in [0.25, 0.3) is 0 Å². The van der Waals surface area contributed by atoms with Gasteiger partial charge in [-0.1, -0.05) is 12.8 Å². The summed E-state index contributed by atoms with van der Waals surface area (Å²) in [4.78, 5) is 10.7. The lowest BCUT2D eigenvalue weighted by Gasteiger charge is -2.21. The molecule has 1 saturated carbocycles. The molecule has 0 unspecified atom stereocenters. The predicted molar refractivity (Wildman–Crippen MR) is 61.6 cm³/mol. The summed E-state index contributed by atoms with van der Waals surface area (Å²) in [5, 5.41) is 4.29. The highest BCUT2D eigenvalue weighted by atomic mass is 79.9. The van der Waals surface area contributed by atoms with Crippen molar-refractivity contribution in [2.24, 2.45) is 5.92 Å². The first-order valence-electron chi connectivity index (χ1n) is 5.44. The maximum Gasteiger partial charge on any atom is 0.122 e. The third-order valence-corrected chi connectivity index (χ3v) is 3.60. The molecule has 0 spiro atoms. The van der Waals surface area contributed by atoms with Gasteiger partial charge < -0.3 is 4.79 Å². The zero-order chi connectivity index (χ0) is 10.7. The molecular formula is C11H15BrN2O. The highest BCUT2D eigenvalue weighted by Gasteiger charge is 2.26. The number of carbonyl (C=O) groups is 1. The van der Waals surface area contributed by atoms with Gasteiger partial charge in [0, 0.05) is 12.6 Å². The van der Waals surface area contributed by atoms with Crippen molar-refractivity contribution >= 4 is 22.2 Å². The molecule has 1 aromatic heterocycles. The van der Waals surface area contributed by atoms with Crippen molar-refractivity contribution < 1.29 is 4.79 Å². The number of halogens is 1. The molecule has 0 radical (unpaired) electrons. The molecule has 1 aromatic rings. The molecule has 1 heterocycles. The molecular weight excluding hydrogens is 256 g/mol. The lowest BCUT2D eigenvalue weighted by Crippen LogP contribution is -2.18. The van der Waals surface area contributed by atoms with Crippen molar-refractivity contribution in [2.45, 2.75) is 38.1 Å². The minimum absolute atomic E-state index is 0.260. The van der Waals surface area contributed by atoms with Gasteiger partial charge in [0.05, 0.1) is 16.7 Å². The molecule has 0 N–H and O–H groups in total. The number of nitrogens with zero attached hydrogens (tertiary/aromatic N) is 2. The van der Waals surface area contributed by atoms with E-state index in [-0.39, 0.29) is 6.04 Å². The molecule has 1 aliphatic rings. The van der Waals surface area contributed by atoms with Crippen LogP contribution in [0.15, 0.2) is 16.9 Å². The van der Waals surface area contributed by atoms with E-state index < -0.39 is 0 Å². The van der Waals surface area contributed by atoms with Gasteiger partial charge in [-0.2, -0.15) is 5.10 Å². The lowest BCUT2D eigenvalue weighted by molar-refractivity contribution is -0.108. The first-order valence-corrected chi connectivity index (χ1v) is 6.24. The van der Waals surface area contributed by atoms with E-state index >= 15 is 0 Å². The number of carbonyl (C=O) groups excluding carboxylic acids is 1. The van der Waals surface area contributed by atoms with Crippen LogP contribution >= 0.6 is 15.9 Å². The first-order chi connectivity index (χ1) is 7.31. The molecule has 1 aliphatic carbocycles. The average molecular weight is 271 g/mol. The Balaban J connectivity index is 2.14. The summed E-state index contributed by atoms with van der Waals surface area (Å²) < 4.78 is 2.92. The van der Waals surface area contributed by atoms with Crippen LogP contribution in [0.5, 0.6) is 0 Å². The predicted octanol–water partition coefficient (Wildman–Crippen LogP) is 2.97. The van der Waals surface area contributed by atoms with E-state index in [2.05, 4.69) is 21.0 Å². The summed E-state index contributed by atoms with van der Waals surface area (Å²) >= 11 is 3.39. The molecule has 4 heteroatoms. The SMILES string of the molecule is O=CC[C@H](C1CCCC1)n1cc(Br)cn1. The van der Waals surface area contributed by atoms with Crippen LogP contribution in [0.25, 0.3) is 0 Å². The molecule has 3 nitrogen and oxygen atoms in total. The largest absolute Gasteiger partial charge is 0.303 e. The van der Waals surface area contributed by atoms with E-state index in [1.54, 1.807) is 6.20 Å². The van der Waals surface area contributed by atoms with E-state index in [0.717, 1.165) is 10.8 Å². The number of aromatic nitrogens is 2. The van der Waals surface area contributed by atoms with Gasteiger partial charge in [0.2, 0.25) is 0 Å². The van der Waals surface area contributed by atoms with Crippen LogP contribution in [0.3, 0.4) is 0 Å². The molecule has 0 aromatic carbocycles. The van der Waals surface area contributed by atoms with Crippen LogP contribution in [-0.4, -0.2) is 16.1 Å². The van der Waals surface area contributed by atoms with Gasteiger partial charge in [-0.25, -0.2) is 0 Å². The van der Waals surface area contributed by atoms with Crippen molar-refractivity contribution in [2.75, 3.05) is 0 Å². The fourth-order valence-corrected chi connectivity index (χ4v) is 2.75. The fourth-order valence-electron chi connectivity index (χ4n) is 2.45. The van der Waals surface area contributed by atoms with Gasteiger partial charge in [0.15, 0.2) is 0 Å². The molecule has 0 bridgehead atoms. The number of hydrogen-bond donors (Lipinski definition) is 0. The van der Waals surface area contributed by atoms with Gasteiger partial charge >= 0.3 is 0 Å². The third-order valence-electron chi connectivity index (χ3n) is 3.19. The second-order valence-electron chi connectivity index (χ2n) is 4.15. The average Bonchev–Trinajstić information content (AvgIpc) is 2.85. The number of hydrogen-bond acceptors (Lipinski definition) is 2. The molecule has 15 heavy (non-hydrogen) atoms. The molecule has 0 amide bonds. The number of rotatable bonds is 4. The summed E-state index contributed by atoms with van der Waals surface area (Å²) in [5.74, 6) is 0.627. The Bertz CT molecular complexity index is 331. The quantitative estimate of drug-likeness (QED) is 0.789. The van der Waals surface area contributed by atoms with Crippen molar-refractivity contribution in [3.8, 4) is 0 Å². The van der Waals surface area contributed by atoms with E-state index in [9.17, 15) is 4.79 Å². The van der Waals surface area contributed by atoms with E-state index in [0.29, 0.717) is 12.3 Å². The second kappa shape index (κ2) is 4.92. The molecule has 1 fully saturated rings. The Morgan fingerprint density at radius 3 is 2.87 bits per heavy atom. The second-order valence-corrected chi connectivity index (χ2v) is 5.07. The van der Waals surface area contributed by atoms with E-state index in [4.69, 9.17) is 0 Å². The third kappa shape index (κ3) is 2.48. The van der Waals surface area contributed by atoms with Crippen LogP contribution < -0.4 is 0 Å². The van der Waals surface area contributed by atoms with Gasteiger partial charge in [-0.3, -0.25) is 4.68 Å². The molecule has 1 atom stereocenters. The minimum atomic E-state index is 0.260. The smallest absolute Gasteiger partial charge is 0.122 e. The van der Waals surface area contributed by atoms with Crippen LogP contribution in [-0.2, 0) is 4.79 Å². The molecule has 82 valence electrons. The normalized spacial score (nSPS) is 19.3. The lowest BCUT2D eigenvalue weighted by atomic mass is 9.96. The monoisotopic (exact) mass is 270 g/mol. The highest BCUT2D eigenvalue weighted by molar-refractivity contribution is 9.10. The number of aldehydes is 1. The molecule has 2 rings (SSSR count). The fraction of sp³-hybridized carbons (Fsp3) is 0.636. The summed E-state index contributed by atoms with van der Waals surface area (Å²) in [6.07, 6.45) is 10.4. The highest BCUT2D eigenvalue weighted by Crippen LogP contribution is 2.35. The topological polar surface area (TPSA) is 34.9 Å². The summed E-state index contributed by atoms with van der Waals surface area (Å²) in [6, 6.07) is 0.260. The standard InChI is InChI=1S/C11H15BrN2O/c12-10-7-13-14(8-10)11(5-6-15)9-3-1-2-4-9/h6-9,11H,1-5H2/t11-/m1/s1. The Labute approximate surface area is 98.0 Å². The minimum Gasteiger partial charge on any atom is -0.303 e. The van der Waals surface area contributed by atoms with Crippen molar-refractivity contribution in [3.05, 3.63) is 16.9 Å². The van der Waals surface area contributed by atoms with Crippen molar-refractivity contribution in [3.63, 3.8) is 0 Å². The van der Waals surface area contributed by atoms with Gasteiger partial charge in [0.1, 0.15) is 6.29 Å². The zero-order valence-electron chi connectivity index (χ0n) is 8.60. The Hall–Kier alpha value is -0.640. The van der Waals surface area contributed by atoms with Crippen LogP contribution in [0.1, 0.15) is 38.1 Å². The first kappa shape index (κ1) is 10.9. The maximum atomic E-state index is 10.7.